The Kier molecular flexibility index (Phi) is 6.96. The highest BCUT2D eigenvalue weighted by atomic mass is 16.5. The van der Waals surface area contributed by atoms with E-state index in [2.05, 4.69) is 51.8 Å². The van der Waals surface area contributed by atoms with E-state index in [0.717, 1.165) is 32.8 Å². The standard InChI is InChI=1S/C17H36N2O/c1-7-9-11-20-12-10-19-13-15(16(3,4)5)18-14-17(19,6)8-2/h15,18H,7-14H2,1-6H3. The van der Waals surface area contributed by atoms with Crippen molar-refractivity contribution in [2.45, 2.75) is 72.4 Å². The van der Waals surface area contributed by atoms with Crippen LogP contribution < -0.4 is 5.32 Å². The molecule has 120 valence electrons. The van der Waals surface area contributed by atoms with Crippen molar-refractivity contribution in [1.82, 2.24) is 10.2 Å². The zero-order chi connectivity index (χ0) is 15.2. The molecule has 0 aromatic carbocycles. The highest BCUT2D eigenvalue weighted by molar-refractivity contribution is 4.98. The highest BCUT2D eigenvalue weighted by Crippen LogP contribution is 2.29. The predicted molar refractivity (Wildman–Crippen MR) is 87.2 cm³/mol. The molecule has 3 heteroatoms. The molecular formula is C17H36N2O. The van der Waals surface area contributed by atoms with Crippen molar-refractivity contribution < 1.29 is 4.74 Å². The first-order chi connectivity index (χ1) is 9.33. The predicted octanol–water partition coefficient (Wildman–Crippen LogP) is 3.29. The van der Waals surface area contributed by atoms with Crippen molar-refractivity contribution in [3.8, 4) is 0 Å². The first kappa shape index (κ1) is 17.9. The largest absolute Gasteiger partial charge is 0.380 e. The Labute approximate surface area is 126 Å². The van der Waals surface area contributed by atoms with Crippen LogP contribution in [0.3, 0.4) is 0 Å². The Bertz CT molecular complexity index is 275. The number of unbranched alkanes of at least 4 members (excludes halogenated alkanes) is 1. The van der Waals surface area contributed by atoms with Gasteiger partial charge in [-0.3, -0.25) is 4.90 Å². The molecule has 0 spiro atoms. The van der Waals surface area contributed by atoms with Crippen molar-refractivity contribution in [2.75, 3.05) is 32.8 Å². The average molecular weight is 284 g/mol. The summed E-state index contributed by atoms with van der Waals surface area (Å²) < 4.78 is 5.77. The van der Waals surface area contributed by atoms with Gasteiger partial charge in [-0.1, -0.05) is 41.0 Å². The van der Waals surface area contributed by atoms with Gasteiger partial charge in [0.15, 0.2) is 0 Å². The Balaban J connectivity index is 2.52. The van der Waals surface area contributed by atoms with E-state index in [1.807, 2.05) is 0 Å². The number of hydrogen-bond acceptors (Lipinski definition) is 3. The maximum Gasteiger partial charge on any atom is 0.0593 e. The lowest BCUT2D eigenvalue weighted by atomic mass is 9.81. The molecule has 0 saturated carbocycles. The lowest BCUT2D eigenvalue weighted by Gasteiger charge is -2.51. The third-order valence-corrected chi connectivity index (χ3v) is 4.85. The molecule has 1 saturated heterocycles. The molecule has 2 unspecified atom stereocenters. The van der Waals surface area contributed by atoms with Crippen LogP contribution in [0, 0.1) is 5.41 Å². The Hall–Kier alpha value is -0.120. The van der Waals surface area contributed by atoms with Crippen LogP contribution in [0.1, 0.15) is 60.8 Å². The zero-order valence-corrected chi connectivity index (χ0v) is 14.6. The molecule has 0 radical (unpaired) electrons. The van der Waals surface area contributed by atoms with Gasteiger partial charge in [-0.05, 0) is 25.2 Å². The smallest absolute Gasteiger partial charge is 0.0593 e. The van der Waals surface area contributed by atoms with Gasteiger partial charge in [-0.2, -0.15) is 0 Å². The van der Waals surface area contributed by atoms with E-state index >= 15 is 0 Å². The van der Waals surface area contributed by atoms with E-state index in [9.17, 15) is 0 Å². The van der Waals surface area contributed by atoms with Gasteiger partial charge in [-0.25, -0.2) is 0 Å². The Morgan fingerprint density at radius 1 is 1.25 bits per heavy atom. The van der Waals surface area contributed by atoms with Crippen LogP contribution in [0.4, 0.5) is 0 Å². The number of nitrogens with one attached hydrogen (secondary N) is 1. The van der Waals surface area contributed by atoms with Gasteiger partial charge in [0.2, 0.25) is 0 Å². The van der Waals surface area contributed by atoms with Gasteiger partial charge in [0.25, 0.3) is 0 Å². The van der Waals surface area contributed by atoms with E-state index in [4.69, 9.17) is 4.74 Å². The molecule has 0 aliphatic carbocycles. The minimum atomic E-state index is 0.274. The summed E-state index contributed by atoms with van der Waals surface area (Å²) in [6.07, 6.45) is 3.58. The summed E-state index contributed by atoms with van der Waals surface area (Å²) in [6, 6.07) is 0.567. The summed E-state index contributed by atoms with van der Waals surface area (Å²) in [5.74, 6) is 0. The number of nitrogens with zero attached hydrogens (tertiary/aromatic N) is 1. The molecule has 20 heavy (non-hydrogen) atoms. The maximum absolute atomic E-state index is 5.77. The first-order valence-electron chi connectivity index (χ1n) is 8.39. The van der Waals surface area contributed by atoms with Crippen LogP contribution in [0.2, 0.25) is 0 Å². The number of ether oxygens (including phenoxy) is 1. The summed E-state index contributed by atoms with van der Waals surface area (Å²) >= 11 is 0. The van der Waals surface area contributed by atoms with Crippen molar-refractivity contribution in [1.29, 1.82) is 0 Å². The molecule has 0 bridgehead atoms. The van der Waals surface area contributed by atoms with E-state index in [1.165, 1.54) is 19.3 Å². The molecule has 0 aromatic rings. The summed E-state index contributed by atoms with van der Waals surface area (Å²) in [5, 5.41) is 3.76. The summed E-state index contributed by atoms with van der Waals surface area (Å²) in [6.45, 7) is 18.9. The monoisotopic (exact) mass is 284 g/mol. The normalized spacial score (nSPS) is 28.8. The van der Waals surface area contributed by atoms with Crippen molar-refractivity contribution in [3.05, 3.63) is 0 Å². The number of hydrogen-bond donors (Lipinski definition) is 1. The topological polar surface area (TPSA) is 24.5 Å². The zero-order valence-electron chi connectivity index (χ0n) is 14.6. The molecule has 1 fully saturated rings. The van der Waals surface area contributed by atoms with Crippen LogP contribution in [0.5, 0.6) is 0 Å². The summed E-state index contributed by atoms with van der Waals surface area (Å²) in [5.41, 5.74) is 0.590. The molecule has 1 aliphatic heterocycles. The van der Waals surface area contributed by atoms with Gasteiger partial charge in [0.1, 0.15) is 0 Å². The van der Waals surface area contributed by atoms with Crippen LogP contribution in [0.25, 0.3) is 0 Å². The lowest BCUT2D eigenvalue weighted by molar-refractivity contribution is -0.00134. The summed E-state index contributed by atoms with van der Waals surface area (Å²) in [4.78, 5) is 2.64. The highest BCUT2D eigenvalue weighted by Gasteiger charge is 2.39. The number of piperazine rings is 1. The second-order valence-electron chi connectivity index (χ2n) is 7.56. The van der Waals surface area contributed by atoms with Crippen molar-refractivity contribution in [3.63, 3.8) is 0 Å². The van der Waals surface area contributed by atoms with Gasteiger partial charge in [0, 0.05) is 37.8 Å². The van der Waals surface area contributed by atoms with Gasteiger partial charge < -0.3 is 10.1 Å². The molecule has 1 rings (SSSR count). The second-order valence-corrected chi connectivity index (χ2v) is 7.56. The molecule has 0 aromatic heterocycles. The van der Waals surface area contributed by atoms with Crippen LogP contribution in [0.15, 0.2) is 0 Å². The second kappa shape index (κ2) is 7.77. The lowest BCUT2D eigenvalue weighted by Crippen LogP contribution is -2.66. The molecular weight excluding hydrogens is 248 g/mol. The molecule has 2 atom stereocenters. The van der Waals surface area contributed by atoms with Gasteiger partial charge in [-0.15, -0.1) is 0 Å². The summed E-state index contributed by atoms with van der Waals surface area (Å²) in [7, 11) is 0. The Morgan fingerprint density at radius 2 is 1.95 bits per heavy atom. The quantitative estimate of drug-likeness (QED) is 0.726. The van der Waals surface area contributed by atoms with Crippen LogP contribution in [-0.2, 0) is 4.74 Å². The fourth-order valence-electron chi connectivity index (χ4n) is 2.77. The maximum atomic E-state index is 5.77. The number of rotatable bonds is 7. The van der Waals surface area contributed by atoms with Crippen LogP contribution >= 0.6 is 0 Å². The van der Waals surface area contributed by atoms with Gasteiger partial charge in [0.05, 0.1) is 6.61 Å². The van der Waals surface area contributed by atoms with E-state index < -0.39 is 0 Å². The van der Waals surface area contributed by atoms with E-state index in [1.54, 1.807) is 0 Å². The van der Waals surface area contributed by atoms with Crippen LogP contribution in [-0.4, -0.2) is 49.3 Å². The van der Waals surface area contributed by atoms with Crippen molar-refractivity contribution >= 4 is 0 Å². The van der Waals surface area contributed by atoms with Gasteiger partial charge >= 0.3 is 0 Å². The molecule has 0 amide bonds. The molecule has 1 N–H and O–H groups in total. The molecule has 1 aliphatic rings. The average Bonchev–Trinajstić information content (AvgIpc) is 2.39. The molecule has 3 nitrogen and oxygen atoms in total. The minimum absolute atomic E-state index is 0.274. The third-order valence-electron chi connectivity index (χ3n) is 4.85. The fraction of sp³-hybridized carbons (Fsp3) is 1.00. The first-order valence-corrected chi connectivity index (χ1v) is 8.39. The van der Waals surface area contributed by atoms with E-state index in [-0.39, 0.29) is 5.54 Å². The van der Waals surface area contributed by atoms with Crippen molar-refractivity contribution in [2.24, 2.45) is 5.41 Å². The van der Waals surface area contributed by atoms with E-state index in [0.29, 0.717) is 11.5 Å². The fourth-order valence-corrected chi connectivity index (χ4v) is 2.77. The third kappa shape index (κ3) is 5.01. The molecule has 1 heterocycles. The minimum Gasteiger partial charge on any atom is -0.380 e. The Morgan fingerprint density at radius 3 is 2.50 bits per heavy atom. The SMILES string of the molecule is CCCCOCCN1CC(C(C)(C)C)NCC1(C)CC.